The monoisotopic (exact) mass is 453 g/mol. The highest BCUT2D eigenvalue weighted by molar-refractivity contribution is 5.97. The lowest BCUT2D eigenvalue weighted by Gasteiger charge is -2.34. The molecule has 1 unspecified atom stereocenters. The zero-order valence-corrected chi connectivity index (χ0v) is 18.2. The molecule has 2 aromatic rings. The third-order valence-electron chi connectivity index (χ3n) is 6.05. The summed E-state index contributed by atoms with van der Waals surface area (Å²) < 4.78 is 10.4. The largest absolute Gasteiger partial charge is 0.459 e. The van der Waals surface area contributed by atoms with E-state index >= 15 is 0 Å². The fourth-order valence-electron chi connectivity index (χ4n) is 4.35. The highest BCUT2D eigenvalue weighted by Gasteiger charge is 2.37. The summed E-state index contributed by atoms with van der Waals surface area (Å²) in [5.74, 6) is -1.76. The molecular formula is C24H27N3O6. The molecule has 9 heteroatoms. The Kier molecular flexibility index (Phi) is 7.07. The fourth-order valence-corrected chi connectivity index (χ4v) is 4.35. The first kappa shape index (κ1) is 22.6. The topological polar surface area (TPSA) is 118 Å². The smallest absolute Gasteiger partial charge is 0.329 e. The molecule has 1 atom stereocenters. The molecule has 2 aliphatic rings. The minimum Gasteiger partial charge on any atom is -0.459 e. The highest BCUT2D eigenvalue weighted by Crippen LogP contribution is 2.26. The van der Waals surface area contributed by atoms with Crippen molar-refractivity contribution < 1.29 is 28.3 Å². The summed E-state index contributed by atoms with van der Waals surface area (Å²) in [5, 5.41) is 4.97. The van der Waals surface area contributed by atoms with Crippen LogP contribution in [-0.2, 0) is 27.3 Å². The predicted molar refractivity (Wildman–Crippen MR) is 117 cm³/mol. The summed E-state index contributed by atoms with van der Waals surface area (Å²) in [5.41, 5.74) is 1.86. The lowest BCUT2D eigenvalue weighted by Crippen LogP contribution is -2.50. The van der Waals surface area contributed by atoms with Crippen molar-refractivity contribution in [2.75, 3.05) is 6.61 Å². The van der Waals surface area contributed by atoms with Crippen molar-refractivity contribution in [2.45, 2.75) is 57.2 Å². The van der Waals surface area contributed by atoms with Gasteiger partial charge in [0, 0.05) is 19.0 Å². The number of nitrogens with zero attached hydrogens (tertiary/aromatic N) is 1. The summed E-state index contributed by atoms with van der Waals surface area (Å²) >= 11 is 0. The molecule has 4 amide bonds. The summed E-state index contributed by atoms with van der Waals surface area (Å²) in [6, 6.07) is 9.21. The molecule has 1 fully saturated rings. The molecule has 1 aliphatic heterocycles. The first-order chi connectivity index (χ1) is 16.0. The number of urea groups is 1. The molecule has 9 nitrogen and oxygen atoms in total. The van der Waals surface area contributed by atoms with Crippen LogP contribution >= 0.6 is 0 Å². The number of esters is 1. The summed E-state index contributed by atoms with van der Waals surface area (Å²) in [6.07, 6.45) is 6.67. The molecule has 0 radical (unpaired) electrons. The number of carbonyl (C=O) groups is 4. The molecule has 0 spiro atoms. The molecule has 0 saturated heterocycles. The van der Waals surface area contributed by atoms with E-state index in [1.807, 2.05) is 24.3 Å². The Morgan fingerprint density at radius 1 is 1.00 bits per heavy atom. The Morgan fingerprint density at radius 3 is 2.48 bits per heavy atom. The van der Waals surface area contributed by atoms with Crippen LogP contribution in [0.15, 0.2) is 47.1 Å². The molecule has 1 aromatic heterocycles. The minimum atomic E-state index is -0.915. The molecule has 2 N–H and O–H groups in total. The molecular weight excluding hydrogens is 426 g/mol. The Morgan fingerprint density at radius 2 is 1.76 bits per heavy atom. The van der Waals surface area contributed by atoms with Crippen molar-refractivity contribution in [1.82, 2.24) is 15.5 Å². The van der Waals surface area contributed by atoms with Gasteiger partial charge in [0.2, 0.25) is 0 Å². The lowest BCUT2D eigenvalue weighted by atomic mass is 9.93. The van der Waals surface area contributed by atoms with Gasteiger partial charge in [-0.15, -0.1) is 0 Å². The number of amides is 4. The fraction of sp³-hybridized carbons (Fsp3) is 0.417. The van der Waals surface area contributed by atoms with Gasteiger partial charge in [-0.3, -0.25) is 14.9 Å². The molecule has 1 aromatic carbocycles. The molecule has 174 valence electrons. The van der Waals surface area contributed by atoms with Crippen LogP contribution in [0.25, 0.3) is 0 Å². The number of ether oxygens (including phenoxy) is 1. The molecule has 4 rings (SSSR count). The third-order valence-corrected chi connectivity index (χ3v) is 6.05. The second kappa shape index (κ2) is 10.3. The van der Waals surface area contributed by atoms with Crippen LogP contribution in [-0.4, -0.2) is 47.4 Å². The van der Waals surface area contributed by atoms with Crippen molar-refractivity contribution >= 4 is 23.8 Å². The third kappa shape index (κ3) is 5.60. The summed E-state index contributed by atoms with van der Waals surface area (Å²) in [4.78, 5) is 51.4. The van der Waals surface area contributed by atoms with Gasteiger partial charge in [-0.25, -0.2) is 9.59 Å². The average molecular weight is 453 g/mol. The van der Waals surface area contributed by atoms with Crippen molar-refractivity contribution in [3.63, 3.8) is 0 Å². The Labute approximate surface area is 191 Å². The zero-order valence-electron chi connectivity index (χ0n) is 18.2. The Bertz CT molecular complexity index is 1010. The van der Waals surface area contributed by atoms with Gasteiger partial charge in [0.1, 0.15) is 6.04 Å². The molecule has 33 heavy (non-hydrogen) atoms. The summed E-state index contributed by atoms with van der Waals surface area (Å²) in [6.45, 7) is -0.399. The second-order valence-corrected chi connectivity index (χ2v) is 8.36. The minimum absolute atomic E-state index is 0.0533. The van der Waals surface area contributed by atoms with Gasteiger partial charge in [0.05, 0.1) is 6.26 Å². The quantitative estimate of drug-likeness (QED) is 0.672. The number of benzene rings is 1. The maximum absolute atomic E-state index is 13.0. The SMILES string of the molecule is O=C(COC(=O)C1Cc2ccccc2CN1C(=O)c1ccco1)NC(=O)NC1CCCCC1. The molecule has 0 bridgehead atoms. The lowest BCUT2D eigenvalue weighted by molar-refractivity contribution is -0.153. The number of hydrogen-bond acceptors (Lipinski definition) is 6. The Balaban J connectivity index is 1.36. The number of imide groups is 1. The number of rotatable bonds is 5. The van der Waals surface area contributed by atoms with Gasteiger partial charge >= 0.3 is 12.0 Å². The van der Waals surface area contributed by atoms with E-state index in [1.54, 1.807) is 6.07 Å². The van der Waals surface area contributed by atoms with Crippen molar-refractivity contribution in [3.8, 4) is 0 Å². The molecule has 1 saturated carbocycles. The van der Waals surface area contributed by atoms with Crippen molar-refractivity contribution in [1.29, 1.82) is 0 Å². The Hall–Kier alpha value is -3.62. The van der Waals surface area contributed by atoms with Gasteiger partial charge in [-0.1, -0.05) is 43.5 Å². The van der Waals surface area contributed by atoms with E-state index in [4.69, 9.17) is 9.15 Å². The van der Waals surface area contributed by atoms with E-state index in [-0.39, 0.29) is 24.8 Å². The van der Waals surface area contributed by atoms with Gasteiger partial charge in [-0.2, -0.15) is 0 Å². The number of carbonyl (C=O) groups excluding carboxylic acids is 4. The van der Waals surface area contributed by atoms with Crippen LogP contribution in [0, 0.1) is 0 Å². The highest BCUT2D eigenvalue weighted by atomic mass is 16.5. The van der Waals surface area contributed by atoms with Crippen molar-refractivity contribution in [3.05, 3.63) is 59.5 Å². The van der Waals surface area contributed by atoms with E-state index in [2.05, 4.69) is 10.6 Å². The maximum atomic E-state index is 13.0. The van der Waals surface area contributed by atoms with E-state index in [1.165, 1.54) is 17.2 Å². The number of furan rings is 1. The number of nitrogens with one attached hydrogen (secondary N) is 2. The molecule has 1 aliphatic carbocycles. The normalized spacial score (nSPS) is 18.2. The van der Waals surface area contributed by atoms with Gasteiger partial charge < -0.3 is 19.4 Å². The van der Waals surface area contributed by atoms with Crippen LogP contribution in [0.4, 0.5) is 4.79 Å². The van der Waals surface area contributed by atoms with Gasteiger partial charge in [0.25, 0.3) is 11.8 Å². The summed E-state index contributed by atoms with van der Waals surface area (Å²) in [7, 11) is 0. The zero-order chi connectivity index (χ0) is 23.2. The van der Waals surface area contributed by atoms with E-state index in [9.17, 15) is 19.2 Å². The average Bonchev–Trinajstić information content (AvgIpc) is 3.37. The van der Waals surface area contributed by atoms with Crippen LogP contribution < -0.4 is 10.6 Å². The van der Waals surface area contributed by atoms with Crippen LogP contribution in [0.2, 0.25) is 0 Å². The van der Waals surface area contributed by atoms with Gasteiger partial charge in [0.15, 0.2) is 12.4 Å². The van der Waals surface area contributed by atoms with Gasteiger partial charge in [-0.05, 0) is 36.1 Å². The van der Waals surface area contributed by atoms with Crippen LogP contribution in [0.5, 0.6) is 0 Å². The van der Waals surface area contributed by atoms with Crippen molar-refractivity contribution in [2.24, 2.45) is 0 Å². The second-order valence-electron chi connectivity index (χ2n) is 8.36. The predicted octanol–water partition coefficient (Wildman–Crippen LogP) is 2.55. The van der Waals surface area contributed by atoms with E-state index < -0.39 is 36.5 Å². The van der Waals surface area contributed by atoms with Crippen LogP contribution in [0.3, 0.4) is 0 Å². The maximum Gasteiger partial charge on any atom is 0.329 e. The standard InChI is InChI=1S/C24H27N3O6/c28-21(26-24(31)25-18-9-2-1-3-10-18)15-33-23(30)19-13-16-7-4-5-8-17(16)14-27(19)22(29)20-11-6-12-32-20/h4-8,11-12,18-19H,1-3,9-10,13-15H2,(H2,25,26,28,31). The van der Waals surface area contributed by atoms with E-state index in [0.717, 1.165) is 43.2 Å². The first-order valence-electron chi connectivity index (χ1n) is 11.2. The molecule has 2 heterocycles. The number of fused-ring (bicyclic) bond motifs is 1. The van der Waals surface area contributed by atoms with Crippen LogP contribution in [0.1, 0.15) is 53.8 Å². The number of hydrogen-bond donors (Lipinski definition) is 2. The first-order valence-corrected chi connectivity index (χ1v) is 11.2. The van der Waals surface area contributed by atoms with E-state index in [0.29, 0.717) is 0 Å².